The van der Waals surface area contributed by atoms with E-state index in [0.717, 1.165) is 37.2 Å². The predicted octanol–water partition coefficient (Wildman–Crippen LogP) is 1.70. The Morgan fingerprint density at radius 3 is 2.70 bits per heavy atom. The smallest absolute Gasteiger partial charge is 0.251 e. The number of hydrogen-bond donors (Lipinski definition) is 0. The molecule has 1 aromatic carbocycles. The fraction of sp³-hybridized carbons (Fsp3) is 0.556. The molecule has 0 bridgehead atoms. The van der Waals surface area contributed by atoms with Gasteiger partial charge in [0.15, 0.2) is 0 Å². The number of carbonyl (C=O) groups excluding carboxylic acids is 2. The van der Waals surface area contributed by atoms with Gasteiger partial charge in [0.05, 0.1) is 6.61 Å². The van der Waals surface area contributed by atoms with Crippen molar-refractivity contribution in [1.29, 1.82) is 0 Å². The Labute approximate surface area is 136 Å². The minimum atomic E-state index is -0.368. The zero-order valence-corrected chi connectivity index (χ0v) is 13.5. The number of likely N-dealkylation sites (tertiary alicyclic amines) is 1. The van der Waals surface area contributed by atoms with Crippen molar-refractivity contribution in [3.8, 4) is 0 Å². The van der Waals surface area contributed by atoms with Gasteiger partial charge in [-0.3, -0.25) is 9.59 Å². The van der Waals surface area contributed by atoms with Crippen molar-refractivity contribution in [3.63, 3.8) is 0 Å². The number of para-hydroxylation sites is 1. The highest BCUT2D eigenvalue weighted by atomic mass is 16.5. The molecule has 5 heteroatoms. The normalized spacial score (nSPS) is 29.3. The van der Waals surface area contributed by atoms with Gasteiger partial charge >= 0.3 is 0 Å². The van der Waals surface area contributed by atoms with E-state index in [4.69, 9.17) is 4.74 Å². The fourth-order valence-electron chi connectivity index (χ4n) is 4.24. The summed E-state index contributed by atoms with van der Waals surface area (Å²) in [5.74, 6) is 0.168. The lowest BCUT2D eigenvalue weighted by Gasteiger charge is -2.23. The van der Waals surface area contributed by atoms with Crippen LogP contribution in [0.4, 0.5) is 5.69 Å². The number of anilines is 1. The Balaban J connectivity index is 1.60. The van der Waals surface area contributed by atoms with E-state index in [9.17, 15) is 9.59 Å². The predicted molar refractivity (Wildman–Crippen MR) is 86.3 cm³/mol. The molecule has 0 N–H and O–H groups in total. The molecule has 3 heterocycles. The number of amides is 2. The van der Waals surface area contributed by atoms with Gasteiger partial charge in [-0.2, -0.15) is 0 Å². The molecule has 3 aliphatic heterocycles. The lowest BCUT2D eigenvalue weighted by atomic mass is 9.80. The molecular formula is C18H22N2O3. The van der Waals surface area contributed by atoms with Crippen LogP contribution in [0.3, 0.4) is 0 Å². The van der Waals surface area contributed by atoms with E-state index in [1.165, 1.54) is 0 Å². The van der Waals surface area contributed by atoms with Gasteiger partial charge in [0.2, 0.25) is 5.91 Å². The second-order valence-corrected chi connectivity index (χ2v) is 6.94. The molecule has 2 atom stereocenters. The minimum Gasteiger partial charge on any atom is -0.367 e. The van der Waals surface area contributed by atoms with Crippen molar-refractivity contribution >= 4 is 17.5 Å². The van der Waals surface area contributed by atoms with Gasteiger partial charge in [-0.1, -0.05) is 18.2 Å². The van der Waals surface area contributed by atoms with Crippen LogP contribution in [0.25, 0.3) is 0 Å². The lowest BCUT2D eigenvalue weighted by molar-refractivity contribution is -0.139. The van der Waals surface area contributed by atoms with E-state index in [-0.39, 0.29) is 23.3 Å². The Morgan fingerprint density at radius 1 is 1.22 bits per heavy atom. The maximum atomic E-state index is 12.6. The molecule has 3 aliphatic rings. The monoisotopic (exact) mass is 314 g/mol. The van der Waals surface area contributed by atoms with Gasteiger partial charge in [-0.15, -0.1) is 0 Å². The number of nitrogens with zero attached hydrogens (tertiary/aromatic N) is 2. The number of fused-ring (bicyclic) bond motifs is 2. The summed E-state index contributed by atoms with van der Waals surface area (Å²) in [6.07, 6.45) is 2.48. The first kappa shape index (κ1) is 14.7. The van der Waals surface area contributed by atoms with Crippen LogP contribution in [0.2, 0.25) is 0 Å². The summed E-state index contributed by atoms with van der Waals surface area (Å²) in [7, 11) is 0. The molecule has 0 radical (unpaired) electrons. The number of ether oxygens (including phenoxy) is 1. The molecule has 0 aromatic heterocycles. The van der Waals surface area contributed by atoms with Crippen molar-refractivity contribution < 1.29 is 14.3 Å². The van der Waals surface area contributed by atoms with Crippen molar-refractivity contribution in [3.05, 3.63) is 29.8 Å². The summed E-state index contributed by atoms with van der Waals surface area (Å²) in [6, 6.07) is 8.02. The topological polar surface area (TPSA) is 49.9 Å². The van der Waals surface area contributed by atoms with Crippen molar-refractivity contribution in [2.24, 2.45) is 0 Å². The molecule has 23 heavy (non-hydrogen) atoms. The highest BCUT2D eigenvalue weighted by Crippen LogP contribution is 2.47. The van der Waals surface area contributed by atoms with Crippen molar-refractivity contribution in [2.75, 3.05) is 31.1 Å². The van der Waals surface area contributed by atoms with E-state index in [1.54, 1.807) is 6.92 Å². The zero-order chi connectivity index (χ0) is 16.0. The van der Waals surface area contributed by atoms with E-state index in [2.05, 4.69) is 6.07 Å². The van der Waals surface area contributed by atoms with Crippen LogP contribution in [0.1, 0.15) is 31.7 Å². The van der Waals surface area contributed by atoms with Gasteiger partial charge in [0.1, 0.15) is 6.10 Å². The van der Waals surface area contributed by atoms with Crippen LogP contribution < -0.4 is 4.90 Å². The first-order valence-electron chi connectivity index (χ1n) is 8.39. The molecular weight excluding hydrogens is 292 g/mol. The van der Waals surface area contributed by atoms with Gasteiger partial charge in [0.25, 0.3) is 5.91 Å². The van der Waals surface area contributed by atoms with Gasteiger partial charge in [0, 0.05) is 37.7 Å². The third-order valence-electron chi connectivity index (χ3n) is 5.44. The average molecular weight is 314 g/mol. The molecule has 2 saturated heterocycles. The summed E-state index contributed by atoms with van der Waals surface area (Å²) in [6.45, 7) is 4.42. The second-order valence-electron chi connectivity index (χ2n) is 6.94. The maximum Gasteiger partial charge on any atom is 0.251 e. The molecule has 0 aliphatic carbocycles. The number of rotatable bonds is 1. The van der Waals surface area contributed by atoms with Crippen LogP contribution in [0, 0.1) is 0 Å². The number of carbonyl (C=O) groups is 2. The molecule has 4 rings (SSSR count). The Morgan fingerprint density at radius 2 is 1.96 bits per heavy atom. The van der Waals surface area contributed by atoms with Gasteiger partial charge < -0.3 is 14.5 Å². The molecule has 1 aromatic rings. The fourth-order valence-corrected chi connectivity index (χ4v) is 4.24. The van der Waals surface area contributed by atoms with Crippen LogP contribution >= 0.6 is 0 Å². The van der Waals surface area contributed by atoms with E-state index < -0.39 is 0 Å². The first-order valence-corrected chi connectivity index (χ1v) is 8.39. The summed E-state index contributed by atoms with van der Waals surface area (Å²) in [5.41, 5.74) is 1.88. The van der Waals surface area contributed by atoms with E-state index >= 15 is 0 Å². The summed E-state index contributed by atoms with van der Waals surface area (Å²) in [5, 5.41) is 0. The maximum absolute atomic E-state index is 12.6. The quantitative estimate of drug-likeness (QED) is 0.793. The Bertz CT molecular complexity index is 653. The standard InChI is InChI=1S/C18H22N2O3/c1-13(21)20-11-18(14-6-2-3-7-15(14)20)10-16(23-12-18)17(22)19-8-4-5-9-19/h2-3,6-7,16H,4-5,8-12H2,1H3. The number of benzene rings is 1. The van der Waals surface area contributed by atoms with E-state index in [0.29, 0.717) is 19.6 Å². The molecule has 0 saturated carbocycles. The zero-order valence-electron chi connectivity index (χ0n) is 13.5. The van der Waals surface area contributed by atoms with Crippen LogP contribution in [0.5, 0.6) is 0 Å². The Hall–Kier alpha value is -1.88. The second kappa shape index (κ2) is 5.34. The third-order valence-corrected chi connectivity index (χ3v) is 5.44. The average Bonchev–Trinajstić information content (AvgIpc) is 3.28. The molecule has 2 fully saturated rings. The SMILES string of the molecule is CC(=O)N1CC2(COC(C(=O)N3CCCC3)C2)c2ccccc21. The highest BCUT2D eigenvalue weighted by Gasteiger charge is 2.51. The van der Waals surface area contributed by atoms with E-state index in [1.807, 2.05) is 28.0 Å². The summed E-state index contributed by atoms with van der Waals surface area (Å²) >= 11 is 0. The molecule has 2 unspecified atom stereocenters. The summed E-state index contributed by atoms with van der Waals surface area (Å²) < 4.78 is 5.92. The van der Waals surface area contributed by atoms with Crippen LogP contribution in [-0.4, -0.2) is 49.1 Å². The third kappa shape index (κ3) is 2.26. The number of hydrogen-bond acceptors (Lipinski definition) is 3. The van der Waals surface area contributed by atoms with Crippen molar-refractivity contribution in [1.82, 2.24) is 4.90 Å². The van der Waals surface area contributed by atoms with Crippen LogP contribution in [0.15, 0.2) is 24.3 Å². The molecule has 2 amide bonds. The lowest BCUT2D eigenvalue weighted by Crippen LogP contribution is -2.39. The first-order chi connectivity index (χ1) is 11.1. The minimum absolute atomic E-state index is 0.0450. The van der Waals surface area contributed by atoms with Gasteiger partial charge in [-0.25, -0.2) is 0 Å². The molecule has 122 valence electrons. The Kier molecular flexibility index (Phi) is 3.41. The van der Waals surface area contributed by atoms with Crippen LogP contribution in [-0.2, 0) is 19.7 Å². The summed E-state index contributed by atoms with van der Waals surface area (Å²) in [4.78, 5) is 28.4. The largest absolute Gasteiger partial charge is 0.367 e. The molecule has 5 nitrogen and oxygen atoms in total. The van der Waals surface area contributed by atoms with Crippen molar-refractivity contribution in [2.45, 2.75) is 37.7 Å². The molecule has 1 spiro atoms. The highest BCUT2D eigenvalue weighted by molar-refractivity contribution is 5.95. The van der Waals surface area contributed by atoms with Gasteiger partial charge in [-0.05, 0) is 30.9 Å².